The van der Waals surface area contributed by atoms with Crippen LogP contribution in [0.3, 0.4) is 0 Å². The summed E-state index contributed by atoms with van der Waals surface area (Å²) >= 11 is 0. The van der Waals surface area contributed by atoms with Crippen molar-refractivity contribution in [3.8, 4) is 0 Å². The number of amides is 2. The molecule has 0 heterocycles. The van der Waals surface area contributed by atoms with Gasteiger partial charge in [0.05, 0.1) is 6.61 Å². The van der Waals surface area contributed by atoms with Gasteiger partial charge in [0.25, 0.3) is 5.91 Å². The lowest BCUT2D eigenvalue weighted by Crippen LogP contribution is -2.32. The van der Waals surface area contributed by atoms with Gasteiger partial charge in [0.2, 0.25) is 0 Å². The van der Waals surface area contributed by atoms with Gasteiger partial charge in [-0.25, -0.2) is 4.79 Å². The molecule has 5 nitrogen and oxygen atoms in total. The number of nitrogens with zero attached hydrogens (tertiary/aromatic N) is 1. The van der Waals surface area contributed by atoms with Crippen molar-refractivity contribution < 1.29 is 14.3 Å². The van der Waals surface area contributed by atoms with Crippen molar-refractivity contribution >= 4 is 23.4 Å². The van der Waals surface area contributed by atoms with Crippen LogP contribution in [0, 0.1) is 0 Å². The van der Waals surface area contributed by atoms with Gasteiger partial charge in [0, 0.05) is 23.5 Å². The summed E-state index contributed by atoms with van der Waals surface area (Å²) in [4.78, 5) is 26.3. The summed E-state index contributed by atoms with van der Waals surface area (Å²) in [6.07, 6.45) is 1.39. The maximum absolute atomic E-state index is 13.0. The molecule has 0 unspecified atom stereocenters. The summed E-state index contributed by atoms with van der Waals surface area (Å²) in [7, 11) is 0. The van der Waals surface area contributed by atoms with E-state index in [0.29, 0.717) is 24.4 Å². The van der Waals surface area contributed by atoms with Crippen molar-refractivity contribution in [1.82, 2.24) is 0 Å². The molecule has 2 amide bonds. The number of rotatable bonds is 7. The van der Waals surface area contributed by atoms with Crippen molar-refractivity contribution in [2.75, 3.05) is 23.4 Å². The monoisotopic (exact) mass is 340 g/mol. The lowest BCUT2D eigenvalue weighted by atomic mass is 10.1. The Morgan fingerprint density at radius 3 is 2.48 bits per heavy atom. The van der Waals surface area contributed by atoms with Crippen LogP contribution in [0.1, 0.15) is 37.0 Å². The van der Waals surface area contributed by atoms with Gasteiger partial charge in [-0.2, -0.15) is 0 Å². The lowest BCUT2D eigenvalue weighted by Gasteiger charge is -2.23. The van der Waals surface area contributed by atoms with E-state index in [0.717, 1.165) is 18.5 Å². The molecule has 0 radical (unpaired) electrons. The Balaban J connectivity index is 2.22. The van der Waals surface area contributed by atoms with Crippen LogP contribution in [-0.2, 0) is 4.74 Å². The number of hydrogen-bond donors (Lipinski definition) is 1. The van der Waals surface area contributed by atoms with Gasteiger partial charge in [-0.05, 0) is 43.7 Å². The molecule has 25 heavy (non-hydrogen) atoms. The summed E-state index contributed by atoms with van der Waals surface area (Å²) in [5.74, 6) is -0.0906. The van der Waals surface area contributed by atoms with Crippen LogP contribution in [0.4, 0.5) is 16.2 Å². The van der Waals surface area contributed by atoms with Crippen LogP contribution < -0.4 is 10.2 Å². The van der Waals surface area contributed by atoms with Crippen LogP contribution in [0.2, 0.25) is 0 Å². The first-order chi connectivity index (χ1) is 12.2. The summed E-state index contributed by atoms with van der Waals surface area (Å²) in [6, 6.07) is 16.5. The number of anilines is 2. The van der Waals surface area contributed by atoms with Crippen LogP contribution >= 0.6 is 0 Å². The van der Waals surface area contributed by atoms with Gasteiger partial charge < -0.3 is 9.64 Å². The maximum atomic E-state index is 13.0. The molecule has 2 aromatic carbocycles. The second-order valence-electron chi connectivity index (χ2n) is 5.57. The molecule has 5 heteroatoms. The highest BCUT2D eigenvalue weighted by Crippen LogP contribution is 2.19. The Hall–Kier alpha value is -2.82. The van der Waals surface area contributed by atoms with Gasteiger partial charge in [0.1, 0.15) is 0 Å². The predicted octanol–water partition coefficient (Wildman–Crippen LogP) is 4.70. The van der Waals surface area contributed by atoms with Gasteiger partial charge in [-0.3, -0.25) is 10.1 Å². The molecule has 0 aliphatic rings. The number of hydrogen-bond acceptors (Lipinski definition) is 3. The fourth-order valence-corrected chi connectivity index (χ4v) is 2.44. The average molecular weight is 340 g/mol. The molecule has 1 N–H and O–H groups in total. The normalized spacial score (nSPS) is 10.2. The Kier molecular flexibility index (Phi) is 7.01. The molecule has 0 aliphatic carbocycles. The SMILES string of the molecule is CCCCN(C(=O)c1cccc(NC(=O)OCC)c1)c1ccccc1. The molecule has 0 aromatic heterocycles. The van der Waals surface area contributed by atoms with E-state index in [9.17, 15) is 9.59 Å². The highest BCUT2D eigenvalue weighted by molar-refractivity contribution is 6.06. The molecule has 0 bridgehead atoms. The van der Waals surface area contributed by atoms with Crippen LogP contribution in [0.15, 0.2) is 54.6 Å². The number of carbonyl (C=O) groups excluding carboxylic acids is 2. The number of para-hydroxylation sites is 1. The molecule has 0 aliphatic heterocycles. The average Bonchev–Trinajstić information content (AvgIpc) is 2.63. The second-order valence-corrected chi connectivity index (χ2v) is 5.57. The van der Waals surface area contributed by atoms with Gasteiger partial charge >= 0.3 is 6.09 Å². The minimum atomic E-state index is -0.530. The first-order valence-corrected chi connectivity index (χ1v) is 8.56. The van der Waals surface area contributed by atoms with Crippen molar-refractivity contribution in [3.05, 3.63) is 60.2 Å². The van der Waals surface area contributed by atoms with E-state index in [2.05, 4.69) is 12.2 Å². The Labute approximate surface area is 148 Å². The largest absolute Gasteiger partial charge is 0.450 e. The summed E-state index contributed by atoms with van der Waals surface area (Å²) in [6.45, 7) is 4.78. The van der Waals surface area contributed by atoms with Crippen LogP contribution in [0.25, 0.3) is 0 Å². The van der Waals surface area contributed by atoms with E-state index in [1.54, 1.807) is 36.1 Å². The van der Waals surface area contributed by atoms with Crippen molar-refractivity contribution in [3.63, 3.8) is 0 Å². The minimum Gasteiger partial charge on any atom is -0.450 e. The van der Waals surface area contributed by atoms with Crippen molar-refractivity contribution in [2.24, 2.45) is 0 Å². The molecule has 0 spiro atoms. The topological polar surface area (TPSA) is 58.6 Å². The Morgan fingerprint density at radius 1 is 1.04 bits per heavy atom. The Morgan fingerprint density at radius 2 is 1.80 bits per heavy atom. The Bertz CT molecular complexity index is 701. The molecule has 0 fully saturated rings. The molecule has 132 valence electrons. The molecular formula is C20H24N2O3. The summed E-state index contributed by atoms with van der Waals surface area (Å²) < 4.78 is 4.87. The fraction of sp³-hybridized carbons (Fsp3) is 0.300. The van der Waals surface area contributed by atoms with Crippen LogP contribution in [0.5, 0.6) is 0 Å². The van der Waals surface area contributed by atoms with Crippen molar-refractivity contribution in [2.45, 2.75) is 26.7 Å². The van der Waals surface area contributed by atoms with E-state index < -0.39 is 6.09 Å². The lowest BCUT2D eigenvalue weighted by molar-refractivity contribution is 0.0986. The first-order valence-electron chi connectivity index (χ1n) is 8.56. The molecule has 2 aromatic rings. The van der Waals surface area contributed by atoms with Gasteiger partial charge in [-0.1, -0.05) is 37.6 Å². The quantitative estimate of drug-likeness (QED) is 0.794. The predicted molar refractivity (Wildman–Crippen MR) is 100 cm³/mol. The number of ether oxygens (including phenoxy) is 1. The molecule has 0 saturated heterocycles. The molecule has 0 saturated carbocycles. The summed E-state index contributed by atoms with van der Waals surface area (Å²) in [5, 5.41) is 2.63. The van der Waals surface area contributed by atoms with Crippen LogP contribution in [-0.4, -0.2) is 25.2 Å². The standard InChI is InChI=1S/C20H24N2O3/c1-3-5-14-22(18-12-7-6-8-13-18)19(23)16-10-9-11-17(15-16)21-20(24)25-4-2/h6-13,15H,3-5,14H2,1-2H3,(H,21,24). The zero-order chi connectivity index (χ0) is 18.1. The zero-order valence-electron chi connectivity index (χ0n) is 14.7. The smallest absolute Gasteiger partial charge is 0.411 e. The second kappa shape index (κ2) is 9.47. The highest BCUT2D eigenvalue weighted by atomic mass is 16.5. The van der Waals surface area contributed by atoms with Gasteiger partial charge in [-0.15, -0.1) is 0 Å². The fourth-order valence-electron chi connectivity index (χ4n) is 2.44. The molecule has 0 atom stereocenters. The highest BCUT2D eigenvalue weighted by Gasteiger charge is 2.17. The van der Waals surface area contributed by atoms with E-state index >= 15 is 0 Å². The van der Waals surface area contributed by atoms with E-state index in [4.69, 9.17) is 4.74 Å². The number of benzene rings is 2. The molecular weight excluding hydrogens is 316 g/mol. The zero-order valence-corrected chi connectivity index (χ0v) is 14.7. The number of nitrogens with one attached hydrogen (secondary N) is 1. The summed E-state index contributed by atoms with van der Waals surface area (Å²) in [5.41, 5.74) is 1.92. The molecule has 2 rings (SSSR count). The van der Waals surface area contributed by atoms with Crippen molar-refractivity contribution in [1.29, 1.82) is 0 Å². The maximum Gasteiger partial charge on any atom is 0.411 e. The van der Waals surface area contributed by atoms with E-state index in [1.807, 2.05) is 30.3 Å². The van der Waals surface area contributed by atoms with E-state index in [1.165, 1.54) is 0 Å². The minimum absolute atomic E-state index is 0.0906. The third-order valence-electron chi connectivity index (χ3n) is 3.68. The first kappa shape index (κ1) is 18.5. The number of unbranched alkanes of at least 4 members (excludes halogenated alkanes) is 1. The third-order valence-corrected chi connectivity index (χ3v) is 3.68. The van der Waals surface area contributed by atoms with E-state index in [-0.39, 0.29) is 5.91 Å². The third kappa shape index (κ3) is 5.35. The number of carbonyl (C=O) groups is 2. The van der Waals surface area contributed by atoms with Gasteiger partial charge in [0.15, 0.2) is 0 Å².